The molecule has 1 rings (SSSR count). The van der Waals surface area contributed by atoms with E-state index in [0.717, 1.165) is 0 Å². The molecular formula is C12H17F2NO4. The predicted octanol–water partition coefficient (Wildman–Crippen LogP) is 0.910. The number of alkyl halides is 2. The summed E-state index contributed by atoms with van der Waals surface area (Å²) in [7, 11) is 2.93. The monoisotopic (exact) mass is 277 g/mol. The van der Waals surface area contributed by atoms with Gasteiger partial charge in [-0.05, 0) is 24.7 Å². The zero-order valence-corrected chi connectivity index (χ0v) is 10.6. The van der Waals surface area contributed by atoms with Crippen LogP contribution in [-0.4, -0.2) is 43.6 Å². The first-order chi connectivity index (χ1) is 8.99. The molecule has 0 radical (unpaired) electrons. The van der Waals surface area contributed by atoms with Crippen molar-refractivity contribution in [2.75, 3.05) is 20.7 Å². The minimum Gasteiger partial charge on any atom is -0.493 e. The summed E-state index contributed by atoms with van der Waals surface area (Å²) in [6.45, 7) is -2.77. The van der Waals surface area contributed by atoms with Gasteiger partial charge in [-0.15, -0.1) is 0 Å². The number of methoxy groups -OCH3 is 1. The van der Waals surface area contributed by atoms with Gasteiger partial charge in [-0.25, -0.2) is 0 Å². The lowest BCUT2D eigenvalue weighted by atomic mass is 10.0. The number of aliphatic hydroxyl groups excluding tert-OH is 2. The van der Waals surface area contributed by atoms with Crippen molar-refractivity contribution in [1.82, 2.24) is 5.32 Å². The Morgan fingerprint density at radius 1 is 1.26 bits per heavy atom. The van der Waals surface area contributed by atoms with Gasteiger partial charge in [0.25, 0.3) is 0 Å². The summed E-state index contributed by atoms with van der Waals surface area (Å²) in [6, 6.07) is 4.00. The van der Waals surface area contributed by atoms with Gasteiger partial charge in [0, 0.05) is 6.54 Å². The smallest absolute Gasteiger partial charge is 0.387 e. The van der Waals surface area contributed by atoms with Crippen molar-refractivity contribution in [1.29, 1.82) is 0 Å². The Morgan fingerprint density at radius 2 is 1.95 bits per heavy atom. The highest BCUT2D eigenvalue weighted by Gasteiger charge is 2.20. The maximum absolute atomic E-state index is 12.1. The van der Waals surface area contributed by atoms with Crippen LogP contribution in [0.25, 0.3) is 0 Å². The summed E-state index contributed by atoms with van der Waals surface area (Å²) in [5.41, 5.74) is 0.348. The average Bonchev–Trinajstić information content (AvgIpc) is 2.38. The molecule has 7 heteroatoms. The molecule has 3 N–H and O–H groups in total. The molecule has 0 saturated carbocycles. The fourth-order valence-electron chi connectivity index (χ4n) is 1.60. The van der Waals surface area contributed by atoms with Crippen LogP contribution in [0.4, 0.5) is 8.78 Å². The Morgan fingerprint density at radius 3 is 2.47 bits per heavy atom. The zero-order chi connectivity index (χ0) is 14.4. The van der Waals surface area contributed by atoms with E-state index in [2.05, 4.69) is 10.1 Å². The Balaban J connectivity index is 2.92. The van der Waals surface area contributed by atoms with E-state index in [9.17, 15) is 19.0 Å². The molecule has 5 nitrogen and oxygen atoms in total. The molecule has 0 aliphatic heterocycles. The fraction of sp³-hybridized carbons (Fsp3) is 0.500. The number of hydrogen-bond acceptors (Lipinski definition) is 5. The highest BCUT2D eigenvalue weighted by molar-refractivity contribution is 5.43. The van der Waals surface area contributed by atoms with Crippen molar-refractivity contribution in [3.05, 3.63) is 23.8 Å². The molecule has 0 aromatic heterocycles. The third kappa shape index (κ3) is 4.30. The molecule has 0 fully saturated rings. The van der Waals surface area contributed by atoms with Crippen LogP contribution < -0.4 is 14.8 Å². The van der Waals surface area contributed by atoms with Gasteiger partial charge in [0.1, 0.15) is 6.10 Å². The van der Waals surface area contributed by atoms with Gasteiger partial charge in [0.15, 0.2) is 11.5 Å². The number of hydrogen-bond donors (Lipinski definition) is 3. The lowest BCUT2D eigenvalue weighted by Gasteiger charge is -2.19. The Bertz CT molecular complexity index is 403. The number of benzene rings is 1. The van der Waals surface area contributed by atoms with E-state index >= 15 is 0 Å². The van der Waals surface area contributed by atoms with Gasteiger partial charge in [-0.2, -0.15) is 8.78 Å². The molecule has 0 spiro atoms. The fourth-order valence-corrected chi connectivity index (χ4v) is 1.60. The SMILES string of the molecule is CNCC(O)C(O)c1ccc(OC(F)F)c(OC)c1. The maximum Gasteiger partial charge on any atom is 0.387 e. The third-order valence-corrected chi connectivity index (χ3v) is 2.52. The average molecular weight is 277 g/mol. The second-order valence-corrected chi connectivity index (χ2v) is 3.86. The van der Waals surface area contributed by atoms with E-state index in [0.29, 0.717) is 5.56 Å². The topological polar surface area (TPSA) is 71.0 Å². The molecule has 108 valence electrons. The summed E-state index contributed by atoms with van der Waals surface area (Å²) in [5.74, 6) is -0.0648. The van der Waals surface area contributed by atoms with Gasteiger partial charge in [-0.3, -0.25) is 0 Å². The molecule has 2 atom stereocenters. The normalized spacial score (nSPS) is 14.3. The summed E-state index contributed by atoms with van der Waals surface area (Å²) in [6.07, 6.45) is -2.17. The van der Waals surface area contributed by atoms with Gasteiger partial charge in [0.2, 0.25) is 0 Å². The van der Waals surface area contributed by atoms with E-state index in [4.69, 9.17) is 4.74 Å². The first-order valence-electron chi connectivity index (χ1n) is 5.63. The number of rotatable bonds is 7. The van der Waals surface area contributed by atoms with E-state index in [1.54, 1.807) is 7.05 Å². The Hall–Kier alpha value is -1.44. The van der Waals surface area contributed by atoms with Gasteiger partial charge >= 0.3 is 6.61 Å². The second kappa shape index (κ2) is 7.22. The highest BCUT2D eigenvalue weighted by Crippen LogP contribution is 2.32. The predicted molar refractivity (Wildman–Crippen MR) is 64.5 cm³/mol. The zero-order valence-electron chi connectivity index (χ0n) is 10.6. The number of nitrogens with one attached hydrogen (secondary N) is 1. The minimum atomic E-state index is -2.96. The number of halogens is 2. The van der Waals surface area contributed by atoms with Crippen molar-refractivity contribution < 1.29 is 28.5 Å². The van der Waals surface area contributed by atoms with Gasteiger partial charge in [-0.1, -0.05) is 6.07 Å². The lowest BCUT2D eigenvalue weighted by molar-refractivity contribution is -0.0513. The van der Waals surface area contributed by atoms with Crippen molar-refractivity contribution in [3.8, 4) is 11.5 Å². The lowest BCUT2D eigenvalue weighted by Crippen LogP contribution is -2.29. The van der Waals surface area contributed by atoms with Crippen molar-refractivity contribution in [2.24, 2.45) is 0 Å². The highest BCUT2D eigenvalue weighted by atomic mass is 19.3. The van der Waals surface area contributed by atoms with Crippen molar-refractivity contribution in [3.63, 3.8) is 0 Å². The molecule has 0 aliphatic rings. The second-order valence-electron chi connectivity index (χ2n) is 3.86. The van der Waals surface area contributed by atoms with Crippen molar-refractivity contribution >= 4 is 0 Å². The van der Waals surface area contributed by atoms with Crippen LogP contribution in [0, 0.1) is 0 Å². The summed E-state index contributed by atoms with van der Waals surface area (Å²) < 4.78 is 33.5. The first-order valence-corrected chi connectivity index (χ1v) is 5.63. The number of ether oxygens (including phenoxy) is 2. The van der Waals surface area contributed by atoms with Crippen LogP contribution in [-0.2, 0) is 0 Å². The number of likely N-dealkylation sites (N-methyl/N-ethyl adjacent to an activating group) is 1. The maximum atomic E-state index is 12.1. The van der Waals surface area contributed by atoms with Crippen LogP contribution in [0.5, 0.6) is 11.5 Å². The van der Waals surface area contributed by atoms with E-state index < -0.39 is 18.8 Å². The van der Waals surface area contributed by atoms with E-state index in [1.807, 2.05) is 0 Å². The molecule has 0 amide bonds. The molecule has 0 heterocycles. The summed E-state index contributed by atoms with van der Waals surface area (Å²) >= 11 is 0. The summed E-state index contributed by atoms with van der Waals surface area (Å²) in [5, 5.41) is 22.2. The van der Waals surface area contributed by atoms with Crippen LogP contribution in [0.2, 0.25) is 0 Å². The summed E-state index contributed by atoms with van der Waals surface area (Å²) in [4.78, 5) is 0. The van der Waals surface area contributed by atoms with E-state index in [-0.39, 0.29) is 18.0 Å². The molecular weight excluding hydrogens is 260 g/mol. The molecule has 1 aromatic carbocycles. The molecule has 0 aliphatic carbocycles. The van der Waals surface area contributed by atoms with E-state index in [1.165, 1.54) is 25.3 Å². The molecule has 1 aromatic rings. The van der Waals surface area contributed by atoms with Crippen LogP contribution in [0.3, 0.4) is 0 Å². The Kier molecular flexibility index (Phi) is 5.94. The molecule has 19 heavy (non-hydrogen) atoms. The molecule has 0 saturated heterocycles. The Labute approximate surface area is 109 Å². The standard InChI is InChI=1S/C12H17F2NO4/c1-15-6-8(16)11(17)7-3-4-9(19-12(13)14)10(5-7)18-2/h3-5,8,11-12,15-17H,6H2,1-2H3. The quantitative estimate of drug-likeness (QED) is 0.691. The van der Waals surface area contributed by atoms with Crippen LogP contribution >= 0.6 is 0 Å². The number of aliphatic hydroxyl groups is 2. The van der Waals surface area contributed by atoms with Crippen molar-refractivity contribution in [2.45, 2.75) is 18.8 Å². The third-order valence-electron chi connectivity index (χ3n) is 2.52. The van der Waals surface area contributed by atoms with Gasteiger partial charge < -0.3 is 25.0 Å². The largest absolute Gasteiger partial charge is 0.493 e. The van der Waals surface area contributed by atoms with Gasteiger partial charge in [0.05, 0.1) is 13.2 Å². The molecule has 0 bridgehead atoms. The first kappa shape index (κ1) is 15.6. The molecule has 2 unspecified atom stereocenters. The van der Waals surface area contributed by atoms with Crippen LogP contribution in [0.15, 0.2) is 18.2 Å². The minimum absolute atomic E-state index is 0.0634. The van der Waals surface area contributed by atoms with Crippen LogP contribution in [0.1, 0.15) is 11.7 Å².